The molecule has 0 aliphatic rings. The number of nitrogens with zero attached hydrogens (tertiary/aromatic N) is 2. The summed E-state index contributed by atoms with van der Waals surface area (Å²) in [6.45, 7) is 0.699. The highest BCUT2D eigenvalue weighted by molar-refractivity contribution is 7.89. The Morgan fingerprint density at radius 2 is 1.88 bits per heavy atom. The van der Waals surface area contributed by atoms with Crippen LogP contribution in [0, 0.1) is 0 Å². The Balaban J connectivity index is 2.79. The number of rotatable bonds is 6. The molecule has 0 saturated heterocycles. The lowest BCUT2D eigenvalue weighted by Crippen LogP contribution is -2.33. The van der Waals surface area contributed by atoms with E-state index in [4.69, 9.17) is 9.52 Å². The molecule has 7 heteroatoms. The van der Waals surface area contributed by atoms with Gasteiger partial charge in [-0.15, -0.1) is 0 Å². The van der Waals surface area contributed by atoms with Crippen LogP contribution in [0.15, 0.2) is 21.6 Å². The Morgan fingerprint density at radius 1 is 1.24 bits per heavy atom. The molecule has 0 bridgehead atoms. The van der Waals surface area contributed by atoms with Gasteiger partial charge in [-0.1, -0.05) is 0 Å². The van der Waals surface area contributed by atoms with Gasteiger partial charge in [-0.25, -0.2) is 8.42 Å². The normalized spacial score (nSPS) is 12.6. The number of likely N-dealkylation sites (N-methyl/N-ethyl adjacent to an activating group) is 2. The quantitative estimate of drug-likeness (QED) is 0.778. The van der Waals surface area contributed by atoms with Crippen molar-refractivity contribution < 1.29 is 17.9 Å². The number of hydrogen-bond donors (Lipinski definition) is 1. The summed E-state index contributed by atoms with van der Waals surface area (Å²) in [7, 11) is 1.65. The zero-order valence-corrected chi connectivity index (χ0v) is 11.1. The fourth-order valence-electron chi connectivity index (χ4n) is 1.20. The Labute approximate surface area is 101 Å². The monoisotopic (exact) mass is 262 g/mol. The molecule has 0 saturated carbocycles. The molecule has 0 radical (unpaired) electrons. The van der Waals surface area contributed by atoms with Crippen LogP contribution in [0.5, 0.6) is 0 Å². The van der Waals surface area contributed by atoms with Crippen molar-refractivity contribution in [3.05, 3.63) is 17.9 Å². The van der Waals surface area contributed by atoms with Gasteiger partial charge in [0.1, 0.15) is 12.4 Å². The van der Waals surface area contributed by atoms with Crippen LogP contribution in [-0.2, 0) is 16.6 Å². The van der Waals surface area contributed by atoms with Gasteiger partial charge >= 0.3 is 0 Å². The number of sulfonamides is 1. The van der Waals surface area contributed by atoms with E-state index in [2.05, 4.69) is 0 Å². The van der Waals surface area contributed by atoms with Gasteiger partial charge in [0, 0.05) is 20.1 Å². The van der Waals surface area contributed by atoms with Crippen LogP contribution in [0.4, 0.5) is 0 Å². The zero-order valence-electron chi connectivity index (χ0n) is 10.3. The van der Waals surface area contributed by atoms with Crippen molar-refractivity contribution in [1.82, 2.24) is 9.21 Å². The second kappa shape index (κ2) is 5.63. The van der Waals surface area contributed by atoms with E-state index in [-0.39, 0.29) is 17.5 Å². The van der Waals surface area contributed by atoms with E-state index < -0.39 is 10.0 Å². The smallest absolute Gasteiger partial charge is 0.276 e. The average Bonchev–Trinajstić information content (AvgIpc) is 2.74. The average molecular weight is 262 g/mol. The molecule has 6 nitrogen and oxygen atoms in total. The van der Waals surface area contributed by atoms with E-state index in [1.807, 2.05) is 19.0 Å². The van der Waals surface area contributed by atoms with Gasteiger partial charge in [0.05, 0.1) is 0 Å². The minimum Gasteiger partial charge on any atom is -0.446 e. The van der Waals surface area contributed by atoms with Crippen molar-refractivity contribution in [3.63, 3.8) is 0 Å². The molecule has 0 aliphatic carbocycles. The summed E-state index contributed by atoms with van der Waals surface area (Å²) < 4.78 is 30.3. The van der Waals surface area contributed by atoms with Crippen molar-refractivity contribution in [1.29, 1.82) is 0 Å². The first kappa shape index (κ1) is 14.2. The summed E-state index contributed by atoms with van der Waals surface area (Å²) >= 11 is 0. The van der Waals surface area contributed by atoms with Gasteiger partial charge in [-0.2, -0.15) is 4.31 Å². The molecule has 0 unspecified atom stereocenters. The van der Waals surface area contributed by atoms with E-state index in [1.54, 1.807) is 0 Å². The summed E-state index contributed by atoms with van der Waals surface area (Å²) in [6, 6.07) is 2.81. The predicted octanol–water partition coefficient (Wildman–Crippen LogP) is -0.0460. The molecule has 98 valence electrons. The van der Waals surface area contributed by atoms with E-state index in [0.717, 1.165) is 0 Å². The van der Waals surface area contributed by atoms with Gasteiger partial charge in [0.15, 0.2) is 0 Å². The molecule has 0 aliphatic heterocycles. The first-order chi connectivity index (χ1) is 7.87. The Morgan fingerprint density at radius 3 is 2.35 bits per heavy atom. The van der Waals surface area contributed by atoms with Gasteiger partial charge < -0.3 is 14.4 Å². The highest BCUT2D eigenvalue weighted by Gasteiger charge is 2.24. The SMILES string of the molecule is CN(C)CCN(C)S(=O)(=O)c1ccc(CO)o1. The number of aliphatic hydroxyl groups excluding tert-OH is 1. The molecule has 17 heavy (non-hydrogen) atoms. The number of hydrogen-bond acceptors (Lipinski definition) is 5. The number of aliphatic hydroxyl groups is 1. The molecule has 1 rings (SSSR count). The van der Waals surface area contributed by atoms with Crippen molar-refractivity contribution in [3.8, 4) is 0 Å². The van der Waals surface area contributed by atoms with Crippen LogP contribution < -0.4 is 0 Å². The summed E-state index contributed by atoms with van der Waals surface area (Å²) in [5.41, 5.74) is 0. The summed E-state index contributed by atoms with van der Waals surface area (Å²) in [6.07, 6.45) is 0. The first-order valence-corrected chi connectivity index (χ1v) is 6.62. The predicted molar refractivity (Wildman–Crippen MR) is 63.0 cm³/mol. The lowest BCUT2D eigenvalue weighted by molar-refractivity contribution is 0.235. The van der Waals surface area contributed by atoms with E-state index >= 15 is 0 Å². The van der Waals surface area contributed by atoms with E-state index in [9.17, 15) is 8.42 Å². The summed E-state index contributed by atoms with van der Waals surface area (Å²) in [5.74, 6) is 0.240. The first-order valence-electron chi connectivity index (χ1n) is 5.18. The van der Waals surface area contributed by atoms with Crippen LogP contribution in [0.2, 0.25) is 0 Å². The highest BCUT2D eigenvalue weighted by Crippen LogP contribution is 2.17. The van der Waals surface area contributed by atoms with Crippen LogP contribution in [-0.4, -0.2) is 57.0 Å². The van der Waals surface area contributed by atoms with Crippen LogP contribution in [0.25, 0.3) is 0 Å². The maximum Gasteiger partial charge on any atom is 0.276 e. The van der Waals surface area contributed by atoms with Crippen molar-refractivity contribution in [2.45, 2.75) is 11.7 Å². The fraction of sp³-hybridized carbons (Fsp3) is 0.600. The summed E-state index contributed by atoms with van der Waals surface area (Å²) in [5, 5.41) is 8.69. The van der Waals surface area contributed by atoms with E-state index in [1.165, 1.54) is 23.5 Å². The van der Waals surface area contributed by atoms with Crippen molar-refractivity contribution in [2.24, 2.45) is 0 Å². The largest absolute Gasteiger partial charge is 0.446 e. The number of furan rings is 1. The van der Waals surface area contributed by atoms with Gasteiger partial charge in [0.25, 0.3) is 10.0 Å². The third kappa shape index (κ3) is 3.53. The maximum absolute atomic E-state index is 12.0. The molecule has 0 atom stereocenters. The summed E-state index contributed by atoms with van der Waals surface area (Å²) in [4.78, 5) is 1.90. The van der Waals surface area contributed by atoms with Crippen LogP contribution in [0.3, 0.4) is 0 Å². The lowest BCUT2D eigenvalue weighted by atomic mass is 10.5. The third-order valence-corrected chi connectivity index (χ3v) is 4.05. The molecular formula is C10H18N2O4S. The topological polar surface area (TPSA) is 74.0 Å². The van der Waals surface area contributed by atoms with Crippen molar-refractivity contribution >= 4 is 10.0 Å². The van der Waals surface area contributed by atoms with Gasteiger partial charge in [-0.3, -0.25) is 0 Å². The second-order valence-electron chi connectivity index (χ2n) is 4.01. The van der Waals surface area contributed by atoms with Crippen LogP contribution >= 0.6 is 0 Å². The van der Waals surface area contributed by atoms with Crippen LogP contribution in [0.1, 0.15) is 5.76 Å². The highest BCUT2D eigenvalue weighted by atomic mass is 32.2. The molecule has 1 aromatic heterocycles. The van der Waals surface area contributed by atoms with Gasteiger partial charge in [-0.05, 0) is 26.2 Å². The Kier molecular flexibility index (Phi) is 4.70. The second-order valence-corrected chi connectivity index (χ2v) is 5.98. The minimum atomic E-state index is -3.60. The molecule has 1 heterocycles. The standard InChI is InChI=1S/C10H18N2O4S/c1-11(2)6-7-12(3)17(14,15)10-5-4-9(8-13)16-10/h4-5,13H,6-8H2,1-3H3. The Hall–Kier alpha value is -0.890. The maximum atomic E-state index is 12.0. The molecule has 1 N–H and O–H groups in total. The van der Waals surface area contributed by atoms with Crippen molar-refractivity contribution in [2.75, 3.05) is 34.2 Å². The minimum absolute atomic E-state index is 0.136. The lowest BCUT2D eigenvalue weighted by Gasteiger charge is -2.17. The zero-order chi connectivity index (χ0) is 13.1. The molecule has 0 fully saturated rings. The Bertz CT molecular complexity index is 453. The fourth-order valence-corrected chi connectivity index (χ4v) is 2.28. The molecule has 1 aromatic rings. The van der Waals surface area contributed by atoms with Gasteiger partial charge in [0.2, 0.25) is 5.09 Å². The molecular weight excluding hydrogens is 244 g/mol. The van der Waals surface area contributed by atoms with E-state index in [0.29, 0.717) is 13.1 Å². The molecule has 0 amide bonds. The molecule has 0 spiro atoms. The third-order valence-electron chi connectivity index (χ3n) is 2.32. The molecule has 0 aromatic carbocycles.